The van der Waals surface area contributed by atoms with Gasteiger partial charge in [-0.2, -0.15) is 11.8 Å². The highest BCUT2D eigenvalue weighted by Gasteiger charge is 2.49. The summed E-state index contributed by atoms with van der Waals surface area (Å²) in [4.78, 5) is 10.0. The molecule has 0 radical (unpaired) electrons. The minimum Gasteiger partial charge on any atom is -0.389 e. The molecule has 0 aromatic carbocycles. The van der Waals surface area contributed by atoms with Crippen molar-refractivity contribution in [2.75, 3.05) is 18.6 Å². The maximum atomic E-state index is 10.2. The van der Waals surface area contributed by atoms with E-state index < -0.39 is 30.6 Å². The number of thioether (sulfide) groups is 1. The zero-order valence-corrected chi connectivity index (χ0v) is 12.4. The third-order valence-electron chi connectivity index (χ3n) is 4.00. The molecule has 0 aromatic rings. The van der Waals surface area contributed by atoms with Crippen LogP contribution in [0.15, 0.2) is 9.98 Å². The number of aliphatic hydroxyl groups excluding tert-OH is 3. The van der Waals surface area contributed by atoms with Crippen LogP contribution in [0.3, 0.4) is 0 Å². The molecule has 0 amide bonds. The molecule has 0 saturated carbocycles. The van der Waals surface area contributed by atoms with Gasteiger partial charge < -0.3 is 30.3 Å². The Morgan fingerprint density at radius 1 is 1.38 bits per heavy atom. The van der Waals surface area contributed by atoms with Crippen molar-refractivity contribution in [2.24, 2.45) is 9.98 Å². The number of aliphatic imine (C=N–C) groups is 2. The summed E-state index contributed by atoms with van der Waals surface area (Å²) in [5.41, 5.74) is 0. The SMILES string of the molecule is CSC[C@H]1O[C@@H](N2C=NC3C2NC=NC[C@H]3O)[C@H](O)[C@@H]1O. The van der Waals surface area contributed by atoms with Gasteiger partial charge >= 0.3 is 0 Å². The molecule has 3 rings (SSSR count). The first-order chi connectivity index (χ1) is 10.1. The maximum Gasteiger partial charge on any atom is 0.161 e. The van der Waals surface area contributed by atoms with E-state index in [1.165, 1.54) is 6.34 Å². The second-order valence-corrected chi connectivity index (χ2v) is 6.29. The Bertz CT molecular complexity index is 437. The summed E-state index contributed by atoms with van der Waals surface area (Å²) in [6.45, 7) is 0.283. The number of nitrogens with zero attached hydrogens (tertiary/aromatic N) is 3. The summed E-state index contributed by atoms with van der Waals surface area (Å²) >= 11 is 1.55. The Kier molecular flexibility index (Phi) is 4.36. The Morgan fingerprint density at radius 3 is 2.95 bits per heavy atom. The van der Waals surface area contributed by atoms with Crippen molar-refractivity contribution >= 4 is 24.4 Å². The van der Waals surface area contributed by atoms with Gasteiger partial charge in [0.1, 0.15) is 24.4 Å². The Hall–Kier alpha value is -0.870. The van der Waals surface area contributed by atoms with Crippen LogP contribution in [0.5, 0.6) is 0 Å². The highest BCUT2D eigenvalue weighted by molar-refractivity contribution is 7.98. The zero-order valence-electron chi connectivity index (χ0n) is 11.6. The molecule has 9 heteroatoms. The van der Waals surface area contributed by atoms with E-state index in [-0.39, 0.29) is 18.8 Å². The van der Waals surface area contributed by atoms with Gasteiger partial charge in [0.25, 0.3) is 0 Å². The maximum absolute atomic E-state index is 10.2. The first-order valence-electron chi connectivity index (χ1n) is 6.87. The van der Waals surface area contributed by atoms with Gasteiger partial charge in [-0.1, -0.05) is 0 Å². The van der Waals surface area contributed by atoms with Gasteiger partial charge in [-0.15, -0.1) is 0 Å². The van der Waals surface area contributed by atoms with Crippen LogP contribution in [0.25, 0.3) is 0 Å². The summed E-state index contributed by atoms with van der Waals surface area (Å²) < 4.78 is 5.78. The van der Waals surface area contributed by atoms with E-state index in [9.17, 15) is 15.3 Å². The average Bonchev–Trinajstić information content (AvgIpc) is 2.94. The average molecular weight is 316 g/mol. The van der Waals surface area contributed by atoms with Gasteiger partial charge in [0.15, 0.2) is 6.23 Å². The standard InChI is InChI=1S/C12H20N4O4S/c1-21-3-7-9(18)10(19)12(20-7)16-5-15-8-6(17)2-13-4-14-11(8)16/h4-12,17-19H,2-3H2,1H3,(H,13,14)/t6-,7-,8?,9-,10-,11?,12-/m1/s1. The van der Waals surface area contributed by atoms with Gasteiger partial charge in [0.2, 0.25) is 0 Å². The Morgan fingerprint density at radius 2 is 2.19 bits per heavy atom. The van der Waals surface area contributed by atoms with Gasteiger partial charge in [0, 0.05) is 5.75 Å². The van der Waals surface area contributed by atoms with Crippen molar-refractivity contribution in [3.05, 3.63) is 0 Å². The molecule has 1 saturated heterocycles. The monoisotopic (exact) mass is 316 g/mol. The molecule has 4 N–H and O–H groups in total. The molecule has 3 heterocycles. The summed E-state index contributed by atoms with van der Waals surface area (Å²) in [7, 11) is 0. The van der Waals surface area contributed by atoms with E-state index in [0.717, 1.165) is 0 Å². The first-order valence-corrected chi connectivity index (χ1v) is 8.26. The molecule has 0 spiro atoms. The van der Waals surface area contributed by atoms with Gasteiger partial charge in [-0.3, -0.25) is 9.98 Å². The van der Waals surface area contributed by atoms with E-state index in [2.05, 4.69) is 15.3 Å². The van der Waals surface area contributed by atoms with Gasteiger partial charge in [-0.25, -0.2) is 0 Å². The lowest BCUT2D eigenvalue weighted by molar-refractivity contribution is -0.0708. The minimum absolute atomic E-state index is 0.283. The summed E-state index contributed by atoms with van der Waals surface area (Å²) in [5, 5.41) is 33.4. The zero-order chi connectivity index (χ0) is 15.0. The number of nitrogens with one attached hydrogen (secondary N) is 1. The second-order valence-electron chi connectivity index (χ2n) is 5.38. The lowest BCUT2D eigenvalue weighted by atomic mass is 10.1. The lowest BCUT2D eigenvalue weighted by Gasteiger charge is -2.33. The fourth-order valence-electron chi connectivity index (χ4n) is 2.88. The largest absolute Gasteiger partial charge is 0.389 e. The van der Waals surface area contributed by atoms with Gasteiger partial charge in [0.05, 0.1) is 31.4 Å². The van der Waals surface area contributed by atoms with Crippen LogP contribution in [0.1, 0.15) is 0 Å². The van der Waals surface area contributed by atoms with E-state index in [4.69, 9.17) is 4.74 Å². The highest BCUT2D eigenvalue weighted by atomic mass is 32.2. The van der Waals surface area contributed by atoms with Crippen LogP contribution >= 0.6 is 11.8 Å². The fraction of sp³-hybridized carbons (Fsp3) is 0.833. The molecule has 2 unspecified atom stereocenters. The van der Waals surface area contributed by atoms with Crippen LogP contribution in [0, 0.1) is 0 Å². The molecule has 0 bridgehead atoms. The highest BCUT2D eigenvalue weighted by Crippen LogP contribution is 2.29. The van der Waals surface area contributed by atoms with Crippen molar-refractivity contribution < 1.29 is 20.1 Å². The molecular weight excluding hydrogens is 296 g/mol. The quantitative estimate of drug-likeness (QED) is 0.469. The number of aliphatic hydroxyl groups is 3. The summed E-state index contributed by atoms with van der Waals surface area (Å²) in [5.74, 6) is 0.602. The summed E-state index contributed by atoms with van der Waals surface area (Å²) in [6, 6.07) is -0.375. The third kappa shape index (κ3) is 2.64. The predicted octanol–water partition coefficient (Wildman–Crippen LogP) is -2.17. The van der Waals surface area contributed by atoms with Crippen molar-refractivity contribution in [3.8, 4) is 0 Å². The molecular formula is C12H20N4O4S. The first kappa shape index (κ1) is 15.0. The van der Waals surface area contributed by atoms with Crippen LogP contribution in [-0.4, -0.2) is 94.3 Å². The number of rotatable bonds is 3. The number of hydrogen-bond donors (Lipinski definition) is 4. The van der Waals surface area contributed by atoms with E-state index in [0.29, 0.717) is 5.75 Å². The van der Waals surface area contributed by atoms with Crippen LogP contribution in [0.4, 0.5) is 0 Å². The topological polar surface area (TPSA) is 110 Å². The molecule has 3 aliphatic rings. The van der Waals surface area contributed by atoms with Crippen LogP contribution in [-0.2, 0) is 4.74 Å². The molecule has 7 atom stereocenters. The second kappa shape index (κ2) is 6.09. The van der Waals surface area contributed by atoms with E-state index in [1.54, 1.807) is 23.0 Å². The Labute approximate surface area is 126 Å². The number of fused-ring (bicyclic) bond motifs is 1. The molecule has 21 heavy (non-hydrogen) atoms. The lowest BCUT2D eigenvalue weighted by Crippen LogP contribution is -2.56. The molecule has 3 aliphatic heterocycles. The van der Waals surface area contributed by atoms with Gasteiger partial charge in [-0.05, 0) is 6.26 Å². The number of hydrogen-bond acceptors (Lipinski definition) is 9. The van der Waals surface area contributed by atoms with E-state index >= 15 is 0 Å². The predicted molar refractivity (Wildman–Crippen MR) is 79.5 cm³/mol. The van der Waals surface area contributed by atoms with E-state index in [1.807, 2.05) is 6.26 Å². The molecule has 1 fully saturated rings. The number of ether oxygens (including phenoxy) is 1. The minimum atomic E-state index is -1.02. The summed E-state index contributed by atoms with van der Waals surface area (Å²) in [6.07, 6.45) is 0.922. The fourth-order valence-corrected chi connectivity index (χ4v) is 3.48. The smallest absolute Gasteiger partial charge is 0.161 e. The van der Waals surface area contributed by atoms with Crippen molar-refractivity contribution in [2.45, 2.75) is 42.9 Å². The van der Waals surface area contributed by atoms with Crippen LogP contribution < -0.4 is 5.32 Å². The normalized spacial score (nSPS) is 45.5. The molecule has 118 valence electrons. The van der Waals surface area contributed by atoms with Crippen molar-refractivity contribution in [1.82, 2.24) is 10.2 Å². The third-order valence-corrected chi connectivity index (χ3v) is 4.66. The van der Waals surface area contributed by atoms with Crippen molar-refractivity contribution in [1.29, 1.82) is 0 Å². The molecule has 0 aromatic heterocycles. The van der Waals surface area contributed by atoms with Crippen molar-refractivity contribution in [3.63, 3.8) is 0 Å². The van der Waals surface area contributed by atoms with Crippen LogP contribution in [0.2, 0.25) is 0 Å². The molecule has 8 nitrogen and oxygen atoms in total. The molecule has 0 aliphatic carbocycles. The Balaban J connectivity index is 1.75.